The van der Waals surface area contributed by atoms with E-state index in [-0.39, 0.29) is 63.4 Å². The molecule has 1 aliphatic heterocycles. The van der Waals surface area contributed by atoms with E-state index in [0.717, 1.165) is 24.3 Å². The van der Waals surface area contributed by atoms with Crippen molar-refractivity contribution >= 4 is 54.9 Å². The van der Waals surface area contributed by atoms with Crippen molar-refractivity contribution in [1.29, 1.82) is 0 Å². The zero-order valence-corrected chi connectivity index (χ0v) is 23.2. The van der Waals surface area contributed by atoms with Crippen LogP contribution in [-0.2, 0) is 15.1 Å². The van der Waals surface area contributed by atoms with E-state index in [0.29, 0.717) is 23.1 Å². The number of carbonyl (C=O) groups excluding carboxylic acids is 3. The van der Waals surface area contributed by atoms with Crippen molar-refractivity contribution in [2.24, 2.45) is 11.5 Å². The Hall–Kier alpha value is -3.53. The van der Waals surface area contributed by atoms with Crippen LogP contribution in [0.5, 0.6) is 0 Å². The Morgan fingerprint density at radius 3 is 2.44 bits per heavy atom. The Morgan fingerprint density at radius 2 is 1.83 bits per heavy atom. The summed E-state index contributed by atoms with van der Waals surface area (Å²) in [6, 6.07) is 2.24. The number of carbonyl (C=O) groups is 3. The molecule has 7 N–H and O–H groups in total. The number of halogens is 5. The lowest BCUT2D eigenvalue weighted by Gasteiger charge is -2.42. The topological polar surface area (TPSA) is 145 Å². The van der Waals surface area contributed by atoms with Crippen LogP contribution in [0.4, 0.5) is 25.1 Å². The van der Waals surface area contributed by atoms with Gasteiger partial charge in [-0.25, -0.2) is 0 Å². The quantitative estimate of drug-likeness (QED) is 0.185. The molecule has 2 aliphatic rings. The van der Waals surface area contributed by atoms with Crippen LogP contribution in [0.1, 0.15) is 44.4 Å². The van der Waals surface area contributed by atoms with Gasteiger partial charge in [-0.3, -0.25) is 14.4 Å². The number of nitrogen functional groups attached to an aromatic ring is 1. The number of amides is 2. The smallest absolute Gasteiger partial charge is 0.310 e. The van der Waals surface area contributed by atoms with Crippen LogP contribution in [0.15, 0.2) is 47.9 Å². The molecule has 0 bridgehead atoms. The summed E-state index contributed by atoms with van der Waals surface area (Å²) in [7, 11) is -10.0. The van der Waals surface area contributed by atoms with Crippen molar-refractivity contribution in [3.63, 3.8) is 0 Å². The standard InChI is InChI=1S/C26H26F5N5O3S2/c1-3-18(37)36-9-8-13(11-36)35-25(39)23-20-19-16(6-7-17(32)22(19)40-23)26(34,24(38)21(20)33)15-5-4-14(10-12(15)2)41(27,28,29,30)31/h3-7,10,13,21H,1,8-9,11,32-34H2,2H3,(H,35,39). The Bertz CT molecular complexity index is 1690. The fourth-order valence-corrected chi connectivity index (χ4v) is 7.53. The summed E-state index contributed by atoms with van der Waals surface area (Å²) >= 11 is 0.978. The van der Waals surface area contributed by atoms with E-state index in [2.05, 4.69) is 11.9 Å². The average Bonchev–Trinajstić information content (AvgIpc) is 3.51. The highest BCUT2D eigenvalue weighted by Crippen LogP contribution is 3.02. The summed E-state index contributed by atoms with van der Waals surface area (Å²) in [5.41, 5.74) is 17.2. The maximum absolute atomic E-state index is 13.8. The third kappa shape index (κ3) is 4.56. The molecule has 1 aromatic heterocycles. The minimum absolute atomic E-state index is 0.100. The second-order valence-corrected chi connectivity index (χ2v) is 13.7. The number of nitrogens with two attached hydrogens (primary N) is 3. The van der Waals surface area contributed by atoms with Crippen molar-refractivity contribution in [3.05, 3.63) is 70.1 Å². The van der Waals surface area contributed by atoms with Gasteiger partial charge >= 0.3 is 10.2 Å². The molecule has 8 nitrogen and oxygen atoms in total. The Balaban J connectivity index is 1.62. The van der Waals surface area contributed by atoms with Crippen LogP contribution >= 0.6 is 21.6 Å². The van der Waals surface area contributed by atoms with Gasteiger partial charge in [0, 0.05) is 35.8 Å². The molecule has 3 atom stereocenters. The van der Waals surface area contributed by atoms with Gasteiger partial charge < -0.3 is 27.4 Å². The number of rotatable bonds is 5. The normalized spacial score (nSPS) is 24.2. The molecular weight excluding hydrogens is 589 g/mol. The molecule has 2 aromatic carbocycles. The molecule has 2 amide bonds. The number of ketones is 1. The van der Waals surface area contributed by atoms with E-state index < -0.39 is 38.4 Å². The summed E-state index contributed by atoms with van der Waals surface area (Å²) in [5.74, 6) is -1.66. The third-order valence-corrected chi connectivity index (χ3v) is 10.00. The van der Waals surface area contributed by atoms with Gasteiger partial charge in [-0.05, 0) is 54.3 Å². The lowest BCUT2D eigenvalue weighted by atomic mass is 9.69. The number of anilines is 1. The molecular formula is C26H26F5N5O3S2. The van der Waals surface area contributed by atoms with Gasteiger partial charge in [-0.2, -0.15) is 0 Å². The summed E-state index contributed by atoms with van der Waals surface area (Å²) in [5, 5.41) is 3.16. The molecule has 0 saturated carbocycles. The molecule has 1 aliphatic carbocycles. The van der Waals surface area contributed by atoms with Gasteiger partial charge in [0.15, 0.2) is 5.78 Å². The average molecular weight is 616 g/mol. The first-order valence-corrected chi connectivity index (χ1v) is 15.1. The van der Waals surface area contributed by atoms with Gasteiger partial charge in [0.25, 0.3) is 5.91 Å². The monoisotopic (exact) mass is 615 g/mol. The number of nitrogens with zero attached hydrogens (tertiary/aromatic N) is 1. The van der Waals surface area contributed by atoms with Crippen molar-refractivity contribution in [3.8, 4) is 0 Å². The fourth-order valence-electron chi connectivity index (χ4n) is 5.60. The zero-order chi connectivity index (χ0) is 30.3. The molecule has 1 saturated heterocycles. The lowest BCUT2D eigenvalue weighted by Crippen LogP contribution is -2.53. The summed E-state index contributed by atoms with van der Waals surface area (Å²) in [6.07, 6.45) is 1.67. The molecule has 220 valence electrons. The number of thiophene rings is 1. The van der Waals surface area contributed by atoms with Gasteiger partial charge in [-0.1, -0.05) is 38.1 Å². The van der Waals surface area contributed by atoms with Crippen LogP contribution in [0.3, 0.4) is 0 Å². The minimum atomic E-state index is -10.0. The van der Waals surface area contributed by atoms with E-state index in [1.54, 1.807) is 0 Å². The van der Waals surface area contributed by atoms with E-state index in [1.165, 1.54) is 23.1 Å². The highest BCUT2D eigenvalue weighted by Gasteiger charge is 2.65. The van der Waals surface area contributed by atoms with Gasteiger partial charge in [0.1, 0.15) is 10.4 Å². The van der Waals surface area contributed by atoms with E-state index >= 15 is 0 Å². The number of nitrogens with one attached hydrogen (secondary N) is 1. The number of benzene rings is 2. The molecule has 0 radical (unpaired) electrons. The first-order valence-electron chi connectivity index (χ1n) is 12.3. The molecule has 1 fully saturated rings. The van der Waals surface area contributed by atoms with Gasteiger partial charge in [0.2, 0.25) is 5.91 Å². The van der Waals surface area contributed by atoms with Crippen molar-refractivity contribution in [1.82, 2.24) is 10.2 Å². The number of Topliss-reactive ketones (excluding diaryl/α,β-unsaturated/α-hetero) is 1. The molecule has 41 heavy (non-hydrogen) atoms. The number of hydrogen-bond donors (Lipinski definition) is 4. The fraction of sp³-hybridized carbons (Fsp3) is 0.269. The van der Waals surface area contributed by atoms with Gasteiger partial charge in [-0.15, -0.1) is 11.3 Å². The van der Waals surface area contributed by atoms with E-state index in [9.17, 15) is 33.8 Å². The number of aryl methyl sites for hydroxylation is 1. The third-order valence-electron chi connectivity index (χ3n) is 7.60. The SMILES string of the molecule is C=CC(=O)N1CCC(NC(=O)c2sc3c(N)ccc4c3c2C(N)C(=O)C4(N)c2ccc(S(F)(F)(F)(F)F)cc2C)C1. The maximum atomic E-state index is 13.8. The Kier molecular flexibility index (Phi) is 6.01. The van der Waals surface area contributed by atoms with Crippen LogP contribution in [-0.4, -0.2) is 41.6 Å². The predicted molar refractivity (Wildman–Crippen MR) is 148 cm³/mol. The van der Waals surface area contributed by atoms with Crippen molar-refractivity contribution < 1.29 is 33.8 Å². The maximum Gasteiger partial charge on any atom is 0.310 e. The molecule has 3 aromatic rings. The molecule has 5 rings (SSSR count). The molecule has 0 spiro atoms. The first kappa shape index (κ1) is 29.0. The second-order valence-electron chi connectivity index (χ2n) is 10.3. The number of likely N-dealkylation sites (tertiary alicyclic amines) is 1. The van der Waals surface area contributed by atoms with E-state index in [1.807, 2.05) is 0 Å². The highest BCUT2D eigenvalue weighted by molar-refractivity contribution is 8.45. The summed E-state index contributed by atoms with van der Waals surface area (Å²) in [4.78, 5) is 38.7. The van der Waals surface area contributed by atoms with Crippen LogP contribution in [0.2, 0.25) is 0 Å². The Morgan fingerprint density at radius 1 is 1.17 bits per heavy atom. The predicted octanol–water partition coefficient (Wildman–Crippen LogP) is 4.75. The van der Waals surface area contributed by atoms with Crippen molar-refractivity contribution in [2.45, 2.75) is 35.9 Å². The second kappa shape index (κ2) is 8.50. The summed E-state index contributed by atoms with van der Waals surface area (Å²) < 4.78 is 67.7. The minimum Gasteiger partial charge on any atom is -0.398 e. The Labute approximate surface area is 235 Å². The van der Waals surface area contributed by atoms with Gasteiger partial charge in [0.05, 0.1) is 15.6 Å². The van der Waals surface area contributed by atoms with Crippen LogP contribution in [0.25, 0.3) is 10.1 Å². The lowest BCUT2D eigenvalue weighted by molar-refractivity contribution is -0.125. The molecule has 3 unspecified atom stereocenters. The van der Waals surface area contributed by atoms with Crippen LogP contribution < -0.4 is 22.5 Å². The molecule has 15 heteroatoms. The number of hydrogen-bond acceptors (Lipinski definition) is 7. The van der Waals surface area contributed by atoms with E-state index in [4.69, 9.17) is 17.2 Å². The summed E-state index contributed by atoms with van der Waals surface area (Å²) in [6.45, 7) is 5.28. The first-order chi connectivity index (χ1) is 18.8. The highest BCUT2D eigenvalue weighted by atomic mass is 32.5. The zero-order valence-electron chi connectivity index (χ0n) is 21.6. The molecule has 2 heterocycles. The largest absolute Gasteiger partial charge is 0.398 e. The van der Waals surface area contributed by atoms with Crippen molar-refractivity contribution in [2.75, 3.05) is 18.8 Å². The van der Waals surface area contributed by atoms with Crippen LogP contribution in [0, 0.1) is 6.92 Å².